The normalized spacial score (nSPS) is 10.4. The molecule has 2 aromatic rings. The molecule has 1 heterocycles. The predicted octanol–water partition coefficient (Wildman–Crippen LogP) is 3.00. The fraction of sp³-hybridized carbons (Fsp3) is 0.250. The fourth-order valence-corrected chi connectivity index (χ4v) is 2.26. The third-order valence-electron chi connectivity index (χ3n) is 2.35. The molecule has 0 unspecified atom stereocenters. The zero-order valence-electron chi connectivity index (χ0n) is 10.4. The zero-order chi connectivity index (χ0) is 13.1. The van der Waals surface area contributed by atoms with Gasteiger partial charge in [-0.1, -0.05) is 0 Å². The van der Waals surface area contributed by atoms with Crippen LogP contribution in [-0.4, -0.2) is 16.9 Å². The van der Waals surface area contributed by atoms with E-state index in [1.165, 1.54) is 25.1 Å². The van der Waals surface area contributed by atoms with Crippen LogP contribution in [0.5, 0.6) is 5.75 Å². The van der Waals surface area contributed by atoms with Crippen LogP contribution in [0.3, 0.4) is 0 Å². The van der Waals surface area contributed by atoms with Crippen LogP contribution in [0.1, 0.15) is 5.56 Å². The minimum absolute atomic E-state index is 0.219. The Hall–Kier alpha value is -1.69. The van der Waals surface area contributed by atoms with E-state index in [0.717, 1.165) is 10.5 Å². The Morgan fingerprint density at radius 1 is 1.44 bits per heavy atom. The Kier molecular flexibility index (Phi) is 3.76. The highest BCUT2D eigenvalue weighted by Gasteiger charge is 2.10. The number of benzene rings is 1. The molecule has 18 heavy (non-hydrogen) atoms. The van der Waals surface area contributed by atoms with Crippen molar-refractivity contribution in [1.29, 1.82) is 0 Å². The van der Waals surface area contributed by atoms with Gasteiger partial charge in [0.05, 0.1) is 23.9 Å². The highest BCUT2D eigenvalue weighted by Crippen LogP contribution is 2.32. The van der Waals surface area contributed by atoms with Gasteiger partial charge in [-0.15, -0.1) is 0 Å². The summed E-state index contributed by atoms with van der Waals surface area (Å²) in [5.41, 5.74) is 1.45. The molecule has 0 spiro atoms. The second-order valence-electron chi connectivity index (χ2n) is 3.88. The molecule has 1 aromatic carbocycles. The number of anilines is 1. The molecule has 6 heteroatoms. The van der Waals surface area contributed by atoms with Gasteiger partial charge in [0.1, 0.15) is 0 Å². The smallest absolute Gasteiger partial charge is 0.178 e. The summed E-state index contributed by atoms with van der Waals surface area (Å²) >= 11 is 1.36. The summed E-state index contributed by atoms with van der Waals surface area (Å²) in [6, 6.07) is 3.28. The van der Waals surface area contributed by atoms with Gasteiger partial charge in [0, 0.05) is 13.2 Å². The molecule has 0 aliphatic rings. The van der Waals surface area contributed by atoms with Gasteiger partial charge in [0.25, 0.3) is 0 Å². The number of rotatable bonds is 4. The molecule has 0 radical (unpaired) electrons. The van der Waals surface area contributed by atoms with Crippen LogP contribution in [0.25, 0.3) is 0 Å². The van der Waals surface area contributed by atoms with Gasteiger partial charge < -0.3 is 9.46 Å². The topological polar surface area (TPSA) is 39.1 Å². The average molecular weight is 267 g/mol. The van der Waals surface area contributed by atoms with Crippen LogP contribution >= 0.6 is 11.9 Å². The summed E-state index contributed by atoms with van der Waals surface area (Å²) in [7, 11) is 3.30. The summed E-state index contributed by atoms with van der Waals surface area (Å²) < 4.78 is 23.5. The van der Waals surface area contributed by atoms with Crippen LogP contribution in [0, 0.1) is 12.7 Å². The second kappa shape index (κ2) is 5.30. The van der Waals surface area contributed by atoms with Crippen LogP contribution in [0.4, 0.5) is 10.1 Å². The number of nitrogens with one attached hydrogen (secondary N) is 1. The van der Waals surface area contributed by atoms with Gasteiger partial charge >= 0.3 is 0 Å². The number of hydrogen-bond acceptors (Lipinski definition) is 4. The minimum atomic E-state index is -0.369. The van der Waals surface area contributed by atoms with Gasteiger partial charge in [0.15, 0.2) is 11.6 Å². The number of methoxy groups -OCH3 is 1. The largest absolute Gasteiger partial charge is 0.492 e. The van der Waals surface area contributed by atoms with Crippen molar-refractivity contribution < 1.29 is 9.13 Å². The maximum Gasteiger partial charge on any atom is 0.178 e. The van der Waals surface area contributed by atoms with E-state index in [1.54, 1.807) is 10.9 Å². The number of halogens is 1. The first-order valence-corrected chi connectivity index (χ1v) is 6.17. The van der Waals surface area contributed by atoms with Gasteiger partial charge in [0.2, 0.25) is 0 Å². The molecule has 96 valence electrons. The Morgan fingerprint density at radius 3 is 2.83 bits per heavy atom. The highest BCUT2D eigenvalue weighted by atomic mass is 32.2. The summed E-state index contributed by atoms with van der Waals surface area (Å²) in [5, 5.41) is 4.06. The Bertz CT molecular complexity index is 556. The Balaban J connectivity index is 2.18. The highest BCUT2D eigenvalue weighted by molar-refractivity contribution is 8.00. The summed E-state index contributed by atoms with van der Waals surface area (Å²) in [6.07, 6.45) is 3.60. The molecule has 0 saturated carbocycles. The molecule has 1 aromatic heterocycles. The molecule has 0 amide bonds. The van der Waals surface area contributed by atoms with Crippen molar-refractivity contribution in [2.45, 2.75) is 11.8 Å². The van der Waals surface area contributed by atoms with Gasteiger partial charge in [-0.3, -0.25) is 4.68 Å². The first kappa shape index (κ1) is 12.8. The van der Waals surface area contributed by atoms with E-state index in [1.807, 2.05) is 26.2 Å². The van der Waals surface area contributed by atoms with E-state index >= 15 is 0 Å². The fourth-order valence-electron chi connectivity index (χ4n) is 1.58. The Labute approximate surface area is 109 Å². The molecule has 0 atom stereocenters. The lowest BCUT2D eigenvalue weighted by atomic mass is 10.2. The standard InChI is InChI=1S/C12H14FN3OS/c1-8-4-10(13)12(17-3)11(5-8)15-18-9-6-14-16(2)7-9/h4-7,15H,1-3H3. The van der Waals surface area contributed by atoms with Crippen LogP contribution < -0.4 is 9.46 Å². The van der Waals surface area contributed by atoms with E-state index in [-0.39, 0.29) is 11.6 Å². The lowest BCUT2D eigenvalue weighted by molar-refractivity contribution is 0.388. The summed E-state index contributed by atoms with van der Waals surface area (Å²) in [6.45, 7) is 1.84. The third-order valence-corrected chi connectivity index (χ3v) is 3.12. The molecule has 0 saturated heterocycles. The van der Waals surface area contributed by atoms with Gasteiger partial charge in [-0.2, -0.15) is 5.10 Å². The molecular weight excluding hydrogens is 253 g/mol. The van der Waals surface area contributed by atoms with Gasteiger partial charge in [-0.05, 0) is 36.6 Å². The quantitative estimate of drug-likeness (QED) is 0.864. The zero-order valence-corrected chi connectivity index (χ0v) is 11.2. The molecule has 2 rings (SSSR count). The molecular formula is C12H14FN3OS. The van der Waals surface area contributed by atoms with Crippen molar-refractivity contribution in [2.75, 3.05) is 11.8 Å². The van der Waals surface area contributed by atoms with Crippen LogP contribution in [0.15, 0.2) is 29.4 Å². The van der Waals surface area contributed by atoms with Crippen molar-refractivity contribution in [2.24, 2.45) is 7.05 Å². The maximum atomic E-state index is 13.7. The van der Waals surface area contributed by atoms with Crippen molar-refractivity contribution >= 4 is 17.6 Å². The van der Waals surface area contributed by atoms with Crippen LogP contribution in [0.2, 0.25) is 0 Å². The predicted molar refractivity (Wildman–Crippen MR) is 70.4 cm³/mol. The van der Waals surface area contributed by atoms with Crippen molar-refractivity contribution in [3.8, 4) is 5.75 Å². The third kappa shape index (κ3) is 2.76. The van der Waals surface area contributed by atoms with Crippen LogP contribution in [-0.2, 0) is 7.05 Å². The molecule has 1 N–H and O–H groups in total. The van der Waals surface area contributed by atoms with Crippen molar-refractivity contribution in [3.05, 3.63) is 35.9 Å². The molecule has 0 aliphatic carbocycles. The molecule has 0 aliphatic heterocycles. The van der Waals surface area contributed by atoms with E-state index < -0.39 is 0 Å². The summed E-state index contributed by atoms with van der Waals surface area (Å²) in [5.74, 6) is -0.149. The maximum absolute atomic E-state index is 13.7. The number of nitrogens with zero attached hydrogens (tertiary/aromatic N) is 2. The van der Waals surface area contributed by atoms with Crippen molar-refractivity contribution in [1.82, 2.24) is 9.78 Å². The van der Waals surface area contributed by atoms with Crippen molar-refractivity contribution in [3.63, 3.8) is 0 Å². The average Bonchev–Trinajstić information content (AvgIpc) is 2.72. The second-order valence-corrected chi connectivity index (χ2v) is 4.76. The van der Waals surface area contributed by atoms with E-state index in [9.17, 15) is 4.39 Å². The minimum Gasteiger partial charge on any atom is -0.492 e. The first-order chi connectivity index (χ1) is 8.60. The van der Waals surface area contributed by atoms with E-state index in [4.69, 9.17) is 4.74 Å². The number of aryl methyl sites for hydroxylation is 2. The molecule has 0 bridgehead atoms. The molecule has 4 nitrogen and oxygen atoms in total. The van der Waals surface area contributed by atoms with E-state index in [0.29, 0.717) is 5.69 Å². The SMILES string of the molecule is COc1c(F)cc(C)cc1NSc1cnn(C)c1. The number of aromatic nitrogens is 2. The molecule has 0 fully saturated rings. The lowest BCUT2D eigenvalue weighted by Crippen LogP contribution is -1.96. The summed E-state index contributed by atoms with van der Waals surface area (Å²) in [4.78, 5) is 0.946. The Morgan fingerprint density at radius 2 is 2.22 bits per heavy atom. The monoisotopic (exact) mass is 267 g/mol. The first-order valence-electron chi connectivity index (χ1n) is 5.36. The van der Waals surface area contributed by atoms with E-state index in [2.05, 4.69) is 9.82 Å². The van der Waals surface area contributed by atoms with Gasteiger partial charge in [-0.25, -0.2) is 4.39 Å². The number of ether oxygens (including phenoxy) is 1. The number of hydrogen-bond donors (Lipinski definition) is 1. The lowest BCUT2D eigenvalue weighted by Gasteiger charge is -2.11.